The van der Waals surface area contributed by atoms with E-state index in [0.29, 0.717) is 6.61 Å². The van der Waals surface area contributed by atoms with Crippen molar-refractivity contribution in [2.45, 2.75) is 44.3 Å². The minimum atomic E-state index is -0.545. The van der Waals surface area contributed by atoms with E-state index < -0.39 is 11.7 Å². The molecule has 0 amide bonds. The molecule has 106 valence electrons. The molecule has 0 radical (unpaired) electrons. The standard InChI is InChI=1S/C18H22O2/c1-2-20-18(12-5-6-13-18)17(19)16-11-7-9-14-8-3-4-10-15(14)16/h3-4,7-11,17,19H,2,5-6,12-13H2,1H3. The lowest BCUT2D eigenvalue weighted by Crippen LogP contribution is -2.36. The molecule has 2 nitrogen and oxygen atoms in total. The number of aliphatic hydroxyl groups is 1. The van der Waals surface area contributed by atoms with Gasteiger partial charge < -0.3 is 9.84 Å². The van der Waals surface area contributed by atoms with Crippen molar-refractivity contribution < 1.29 is 9.84 Å². The summed E-state index contributed by atoms with van der Waals surface area (Å²) in [6.07, 6.45) is 3.64. The molecule has 1 aliphatic carbocycles. The molecule has 2 aromatic carbocycles. The number of hydrogen-bond donors (Lipinski definition) is 1. The second-order valence-corrected chi connectivity index (χ2v) is 5.68. The van der Waals surface area contributed by atoms with Crippen LogP contribution in [0.2, 0.25) is 0 Å². The maximum absolute atomic E-state index is 11.0. The molecular formula is C18H22O2. The Bertz CT molecular complexity index is 579. The average molecular weight is 270 g/mol. The summed E-state index contributed by atoms with van der Waals surface area (Å²) in [4.78, 5) is 0. The van der Waals surface area contributed by atoms with Gasteiger partial charge in [-0.25, -0.2) is 0 Å². The van der Waals surface area contributed by atoms with Crippen molar-refractivity contribution in [1.82, 2.24) is 0 Å². The van der Waals surface area contributed by atoms with Gasteiger partial charge in [0.1, 0.15) is 6.10 Å². The van der Waals surface area contributed by atoms with E-state index in [4.69, 9.17) is 4.74 Å². The van der Waals surface area contributed by atoms with Crippen LogP contribution in [0.3, 0.4) is 0 Å². The Hall–Kier alpha value is -1.38. The van der Waals surface area contributed by atoms with E-state index >= 15 is 0 Å². The fraction of sp³-hybridized carbons (Fsp3) is 0.444. The van der Waals surface area contributed by atoms with E-state index in [9.17, 15) is 5.11 Å². The molecule has 0 heterocycles. The summed E-state index contributed by atoms with van der Waals surface area (Å²) in [6, 6.07) is 14.4. The molecular weight excluding hydrogens is 248 g/mol. The molecule has 3 rings (SSSR count). The van der Waals surface area contributed by atoms with Crippen LogP contribution < -0.4 is 0 Å². The van der Waals surface area contributed by atoms with Crippen LogP contribution in [-0.4, -0.2) is 17.3 Å². The number of benzene rings is 2. The van der Waals surface area contributed by atoms with E-state index in [2.05, 4.69) is 18.2 Å². The second kappa shape index (κ2) is 5.55. The van der Waals surface area contributed by atoms with Gasteiger partial charge in [0.2, 0.25) is 0 Å². The van der Waals surface area contributed by atoms with E-state index in [1.807, 2.05) is 31.2 Å². The summed E-state index contributed by atoms with van der Waals surface area (Å²) in [5.41, 5.74) is 0.609. The molecule has 20 heavy (non-hydrogen) atoms. The molecule has 1 saturated carbocycles. The molecule has 1 aliphatic rings. The van der Waals surface area contributed by atoms with Crippen LogP contribution in [0.25, 0.3) is 10.8 Å². The lowest BCUT2D eigenvalue weighted by Gasteiger charge is -2.34. The van der Waals surface area contributed by atoms with Crippen LogP contribution in [0.4, 0.5) is 0 Å². The Kier molecular flexibility index (Phi) is 3.77. The van der Waals surface area contributed by atoms with Gasteiger partial charge in [0.15, 0.2) is 0 Å². The van der Waals surface area contributed by atoms with E-state index in [-0.39, 0.29) is 0 Å². The lowest BCUT2D eigenvalue weighted by atomic mass is 9.87. The van der Waals surface area contributed by atoms with Crippen LogP contribution in [0.15, 0.2) is 42.5 Å². The first-order chi connectivity index (χ1) is 9.77. The number of aliphatic hydroxyl groups excluding tert-OH is 1. The SMILES string of the molecule is CCOC1(C(O)c2cccc3ccccc23)CCCC1. The molecule has 1 unspecified atom stereocenters. The highest BCUT2D eigenvalue weighted by Crippen LogP contribution is 2.44. The average Bonchev–Trinajstić information content (AvgIpc) is 2.96. The molecule has 1 atom stereocenters. The second-order valence-electron chi connectivity index (χ2n) is 5.68. The third-order valence-electron chi connectivity index (χ3n) is 4.50. The summed E-state index contributed by atoms with van der Waals surface area (Å²) in [5.74, 6) is 0. The number of ether oxygens (including phenoxy) is 1. The predicted octanol–water partition coefficient (Wildman–Crippen LogP) is 4.22. The Morgan fingerprint density at radius 1 is 1.10 bits per heavy atom. The van der Waals surface area contributed by atoms with Gasteiger partial charge in [-0.2, -0.15) is 0 Å². The van der Waals surface area contributed by atoms with Crippen molar-refractivity contribution in [1.29, 1.82) is 0 Å². The Morgan fingerprint density at radius 3 is 2.55 bits per heavy atom. The summed E-state index contributed by atoms with van der Waals surface area (Å²) in [7, 11) is 0. The van der Waals surface area contributed by atoms with Crippen molar-refractivity contribution in [3.05, 3.63) is 48.0 Å². The predicted molar refractivity (Wildman–Crippen MR) is 81.7 cm³/mol. The fourth-order valence-corrected chi connectivity index (χ4v) is 3.53. The van der Waals surface area contributed by atoms with Gasteiger partial charge in [0.05, 0.1) is 5.60 Å². The molecule has 0 bridgehead atoms. The summed E-state index contributed by atoms with van der Waals surface area (Å²) >= 11 is 0. The maximum atomic E-state index is 11.0. The largest absolute Gasteiger partial charge is 0.385 e. The van der Waals surface area contributed by atoms with Crippen LogP contribution in [0.1, 0.15) is 44.3 Å². The van der Waals surface area contributed by atoms with Crippen molar-refractivity contribution in [2.75, 3.05) is 6.61 Å². The third-order valence-corrected chi connectivity index (χ3v) is 4.50. The van der Waals surface area contributed by atoms with Crippen LogP contribution in [0.5, 0.6) is 0 Å². The first kappa shape index (κ1) is 13.6. The summed E-state index contributed by atoms with van der Waals surface area (Å²) in [5, 5.41) is 13.3. The number of fused-ring (bicyclic) bond motifs is 1. The van der Waals surface area contributed by atoms with Gasteiger partial charge in [-0.3, -0.25) is 0 Å². The molecule has 0 aromatic heterocycles. The van der Waals surface area contributed by atoms with Crippen molar-refractivity contribution in [3.63, 3.8) is 0 Å². The minimum absolute atomic E-state index is 0.390. The first-order valence-electron chi connectivity index (χ1n) is 7.56. The highest BCUT2D eigenvalue weighted by Gasteiger charge is 2.42. The van der Waals surface area contributed by atoms with Gasteiger partial charge in [0, 0.05) is 6.61 Å². The van der Waals surface area contributed by atoms with Gasteiger partial charge in [-0.15, -0.1) is 0 Å². The molecule has 0 spiro atoms. The van der Waals surface area contributed by atoms with Crippen LogP contribution >= 0.6 is 0 Å². The highest BCUT2D eigenvalue weighted by molar-refractivity contribution is 5.86. The van der Waals surface area contributed by atoms with Crippen LogP contribution in [-0.2, 0) is 4.74 Å². The zero-order valence-electron chi connectivity index (χ0n) is 12.0. The first-order valence-corrected chi connectivity index (χ1v) is 7.56. The molecule has 0 saturated heterocycles. The van der Waals surface area contributed by atoms with Crippen molar-refractivity contribution in [2.24, 2.45) is 0 Å². The monoisotopic (exact) mass is 270 g/mol. The van der Waals surface area contributed by atoms with E-state index in [1.165, 1.54) is 5.39 Å². The summed E-state index contributed by atoms with van der Waals surface area (Å²) in [6.45, 7) is 2.66. The fourth-order valence-electron chi connectivity index (χ4n) is 3.53. The van der Waals surface area contributed by atoms with Crippen molar-refractivity contribution >= 4 is 10.8 Å². The van der Waals surface area contributed by atoms with E-state index in [1.54, 1.807) is 0 Å². The third kappa shape index (κ3) is 2.23. The number of hydrogen-bond acceptors (Lipinski definition) is 2. The van der Waals surface area contributed by atoms with Gasteiger partial charge >= 0.3 is 0 Å². The highest BCUT2D eigenvalue weighted by atomic mass is 16.5. The quantitative estimate of drug-likeness (QED) is 0.901. The zero-order chi connectivity index (χ0) is 14.0. The Morgan fingerprint density at radius 2 is 1.80 bits per heavy atom. The van der Waals surface area contributed by atoms with Gasteiger partial charge in [0.25, 0.3) is 0 Å². The number of rotatable bonds is 4. The van der Waals surface area contributed by atoms with Crippen LogP contribution in [0, 0.1) is 0 Å². The topological polar surface area (TPSA) is 29.5 Å². The Labute approximate surface area is 120 Å². The minimum Gasteiger partial charge on any atom is -0.385 e. The summed E-state index contributed by atoms with van der Waals surface area (Å²) < 4.78 is 6.01. The molecule has 0 aliphatic heterocycles. The molecule has 1 N–H and O–H groups in total. The molecule has 2 heteroatoms. The van der Waals surface area contributed by atoms with E-state index in [0.717, 1.165) is 36.6 Å². The maximum Gasteiger partial charge on any atom is 0.109 e. The molecule has 2 aromatic rings. The van der Waals surface area contributed by atoms with Crippen molar-refractivity contribution in [3.8, 4) is 0 Å². The molecule has 1 fully saturated rings. The normalized spacial score (nSPS) is 19.3. The zero-order valence-corrected chi connectivity index (χ0v) is 12.0. The Balaban J connectivity index is 2.05. The van der Waals surface area contributed by atoms with Gasteiger partial charge in [-0.05, 0) is 36.1 Å². The lowest BCUT2D eigenvalue weighted by molar-refractivity contribution is -0.118. The van der Waals surface area contributed by atoms with Gasteiger partial charge in [-0.1, -0.05) is 55.3 Å². The smallest absolute Gasteiger partial charge is 0.109 e.